The summed E-state index contributed by atoms with van der Waals surface area (Å²) < 4.78 is 0. The number of amides is 1. The normalized spacial score (nSPS) is 26.8. The van der Waals surface area contributed by atoms with E-state index in [9.17, 15) is 19.8 Å². The summed E-state index contributed by atoms with van der Waals surface area (Å²) in [7, 11) is 0. The Hall–Kier alpha value is -1.66. The van der Waals surface area contributed by atoms with E-state index in [0.717, 1.165) is 11.3 Å². The van der Waals surface area contributed by atoms with Crippen LogP contribution >= 0.6 is 0 Å². The number of aliphatic hydroxyl groups is 2. The molecule has 22 heavy (non-hydrogen) atoms. The van der Waals surface area contributed by atoms with E-state index < -0.39 is 17.6 Å². The molecule has 1 aromatic rings. The fraction of sp³-hybridized carbons (Fsp3) is 0.625. The van der Waals surface area contributed by atoms with Crippen molar-refractivity contribution in [1.29, 1.82) is 0 Å². The summed E-state index contributed by atoms with van der Waals surface area (Å²) >= 11 is 0. The number of rotatable bonds is 1. The Labute approximate surface area is 128 Å². The maximum atomic E-state index is 12.5. The molecule has 0 unspecified atom stereocenters. The summed E-state index contributed by atoms with van der Waals surface area (Å²) in [5.74, 6) is -0.275. The van der Waals surface area contributed by atoms with Crippen LogP contribution in [0.2, 0.25) is 0 Å². The smallest absolute Gasteiger partial charge is 0.261 e. The molecule has 0 bridgehead atoms. The van der Waals surface area contributed by atoms with E-state index in [1.54, 1.807) is 17.9 Å². The van der Waals surface area contributed by atoms with E-state index in [1.165, 1.54) is 0 Å². The molecule has 1 aliphatic carbocycles. The molecule has 6 heteroatoms. The van der Waals surface area contributed by atoms with E-state index in [-0.39, 0.29) is 17.0 Å². The van der Waals surface area contributed by atoms with Gasteiger partial charge >= 0.3 is 0 Å². The van der Waals surface area contributed by atoms with Crippen LogP contribution in [0, 0.1) is 19.3 Å². The third-order valence-corrected chi connectivity index (χ3v) is 5.48. The molecule has 1 spiro atoms. The number of carbonyl (C=O) groups excluding carboxylic acids is 1. The highest BCUT2D eigenvalue weighted by molar-refractivity contribution is 5.94. The monoisotopic (exact) mass is 306 g/mol. The van der Waals surface area contributed by atoms with Gasteiger partial charge in [-0.1, -0.05) is 0 Å². The average molecular weight is 306 g/mol. The Kier molecular flexibility index (Phi) is 3.61. The Morgan fingerprint density at radius 3 is 2.41 bits per heavy atom. The maximum absolute atomic E-state index is 12.5. The lowest BCUT2D eigenvalue weighted by Crippen LogP contribution is -2.62. The molecule has 2 fully saturated rings. The second kappa shape index (κ2) is 5.21. The Morgan fingerprint density at radius 2 is 1.86 bits per heavy atom. The van der Waals surface area contributed by atoms with E-state index in [4.69, 9.17) is 0 Å². The van der Waals surface area contributed by atoms with Crippen LogP contribution < -0.4 is 5.56 Å². The van der Waals surface area contributed by atoms with Gasteiger partial charge in [0.05, 0.1) is 12.2 Å². The van der Waals surface area contributed by atoms with Crippen molar-refractivity contribution in [2.45, 2.75) is 45.3 Å². The second-order valence-electron chi connectivity index (χ2n) is 6.61. The number of aryl methyl sites for hydroxylation is 2. The fourth-order valence-electron chi connectivity index (χ4n) is 3.59. The molecule has 0 aromatic carbocycles. The maximum Gasteiger partial charge on any atom is 0.261 e. The van der Waals surface area contributed by atoms with Gasteiger partial charge in [-0.05, 0) is 38.3 Å². The van der Waals surface area contributed by atoms with Crippen molar-refractivity contribution in [1.82, 2.24) is 9.88 Å². The zero-order chi connectivity index (χ0) is 16.1. The number of aliphatic hydroxyl groups excluding tert-OH is 2. The quantitative estimate of drug-likeness (QED) is 0.697. The molecule has 2 heterocycles. The topological polar surface area (TPSA) is 93.6 Å². The number of likely N-dealkylation sites (tertiary alicyclic amines) is 1. The lowest BCUT2D eigenvalue weighted by molar-refractivity contribution is -0.187. The van der Waals surface area contributed by atoms with Crippen LogP contribution in [0.5, 0.6) is 0 Å². The predicted molar refractivity (Wildman–Crippen MR) is 80.7 cm³/mol. The Balaban J connectivity index is 1.76. The fourth-order valence-corrected chi connectivity index (χ4v) is 3.59. The Morgan fingerprint density at radius 1 is 1.27 bits per heavy atom. The highest BCUT2D eigenvalue weighted by Crippen LogP contribution is 2.49. The van der Waals surface area contributed by atoms with Crippen LogP contribution in [-0.2, 0) is 0 Å². The number of pyridine rings is 1. The van der Waals surface area contributed by atoms with Gasteiger partial charge < -0.3 is 20.1 Å². The zero-order valence-corrected chi connectivity index (χ0v) is 12.9. The van der Waals surface area contributed by atoms with Gasteiger partial charge in [0.2, 0.25) is 0 Å². The molecule has 0 radical (unpaired) electrons. The predicted octanol–water partition coefficient (Wildman–Crippen LogP) is 0.340. The van der Waals surface area contributed by atoms with E-state index >= 15 is 0 Å². The lowest BCUT2D eigenvalue weighted by atomic mass is 9.58. The molecule has 120 valence electrons. The molecular formula is C16H22N2O4. The van der Waals surface area contributed by atoms with E-state index in [0.29, 0.717) is 32.4 Å². The number of aromatic nitrogens is 1. The van der Waals surface area contributed by atoms with Crippen LogP contribution in [-0.4, -0.2) is 51.3 Å². The van der Waals surface area contributed by atoms with Crippen molar-refractivity contribution in [3.63, 3.8) is 0 Å². The molecule has 1 saturated carbocycles. The van der Waals surface area contributed by atoms with Crippen LogP contribution in [0.15, 0.2) is 10.9 Å². The van der Waals surface area contributed by atoms with Crippen molar-refractivity contribution in [2.24, 2.45) is 5.41 Å². The van der Waals surface area contributed by atoms with Gasteiger partial charge in [0.25, 0.3) is 11.5 Å². The minimum Gasteiger partial charge on any atom is -0.392 e. The molecule has 1 aliphatic heterocycles. The Bertz CT molecular complexity index is 649. The van der Waals surface area contributed by atoms with Crippen molar-refractivity contribution >= 4 is 5.91 Å². The number of nitrogens with zero attached hydrogens (tertiary/aromatic N) is 1. The lowest BCUT2D eigenvalue weighted by Gasteiger charge is -2.54. The van der Waals surface area contributed by atoms with Gasteiger partial charge in [-0.3, -0.25) is 9.59 Å². The molecule has 2 aliphatic rings. The van der Waals surface area contributed by atoms with Crippen LogP contribution in [0.4, 0.5) is 0 Å². The molecule has 3 rings (SSSR count). The van der Waals surface area contributed by atoms with Gasteiger partial charge in [-0.15, -0.1) is 0 Å². The first-order valence-electron chi connectivity index (χ1n) is 7.71. The molecule has 1 amide bonds. The van der Waals surface area contributed by atoms with E-state index in [2.05, 4.69) is 4.98 Å². The highest BCUT2D eigenvalue weighted by Gasteiger charge is 2.55. The number of carbonyl (C=O) groups is 1. The summed E-state index contributed by atoms with van der Waals surface area (Å²) in [6.07, 6.45) is 0.604. The number of H-pyrrole nitrogens is 1. The third kappa shape index (κ3) is 2.18. The summed E-state index contributed by atoms with van der Waals surface area (Å²) in [6.45, 7) is 4.57. The molecule has 1 saturated heterocycles. The average Bonchev–Trinajstić information content (AvgIpc) is 2.50. The number of aromatic amines is 1. The summed E-state index contributed by atoms with van der Waals surface area (Å²) in [5, 5.41) is 19.9. The number of piperidine rings is 1. The highest BCUT2D eigenvalue weighted by atomic mass is 16.3. The first-order valence-corrected chi connectivity index (χ1v) is 7.71. The largest absolute Gasteiger partial charge is 0.392 e. The van der Waals surface area contributed by atoms with Crippen LogP contribution in [0.1, 0.15) is 40.9 Å². The molecular weight excluding hydrogens is 284 g/mol. The number of hydrogen-bond acceptors (Lipinski definition) is 4. The number of nitrogens with one attached hydrogen (secondary N) is 1. The molecule has 1 aromatic heterocycles. The molecule has 6 nitrogen and oxygen atoms in total. The number of hydrogen-bond donors (Lipinski definition) is 3. The van der Waals surface area contributed by atoms with Gasteiger partial charge in [-0.25, -0.2) is 0 Å². The SMILES string of the molecule is Cc1cc(C(=O)N2CCC3(CC2)[C@H](O)C[C@@H]3O)c(=O)[nH]c1C. The van der Waals surface area contributed by atoms with Crippen molar-refractivity contribution in [3.8, 4) is 0 Å². The van der Waals surface area contributed by atoms with Crippen molar-refractivity contribution < 1.29 is 15.0 Å². The molecule has 3 N–H and O–H groups in total. The van der Waals surface area contributed by atoms with Gasteiger partial charge in [0, 0.05) is 30.6 Å². The van der Waals surface area contributed by atoms with Crippen molar-refractivity contribution in [2.75, 3.05) is 13.1 Å². The van der Waals surface area contributed by atoms with Crippen LogP contribution in [0.3, 0.4) is 0 Å². The van der Waals surface area contributed by atoms with Crippen molar-refractivity contribution in [3.05, 3.63) is 33.2 Å². The minimum atomic E-state index is -0.482. The summed E-state index contributed by atoms with van der Waals surface area (Å²) in [6, 6.07) is 1.63. The zero-order valence-electron chi connectivity index (χ0n) is 12.9. The molecule has 2 atom stereocenters. The van der Waals surface area contributed by atoms with Crippen LogP contribution in [0.25, 0.3) is 0 Å². The third-order valence-electron chi connectivity index (χ3n) is 5.48. The van der Waals surface area contributed by atoms with Gasteiger partial charge in [0.15, 0.2) is 0 Å². The minimum absolute atomic E-state index is 0.161. The standard InChI is InChI=1S/C16H22N2O4/c1-9-7-11(14(21)17-10(9)2)15(22)18-5-3-16(4-6-18)12(19)8-13(16)20/h7,12-13,19-20H,3-6,8H2,1-2H3,(H,17,21)/t12-,13+. The van der Waals surface area contributed by atoms with E-state index in [1.807, 2.05) is 6.92 Å². The second-order valence-corrected chi connectivity index (χ2v) is 6.61. The first-order chi connectivity index (χ1) is 10.3. The van der Waals surface area contributed by atoms with Gasteiger partial charge in [0.1, 0.15) is 5.56 Å². The first kappa shape index (κ1) is 15.2. The van der Waals surface area contributed by atoms with Gasteiger partial charge in [-0.2, -0.15) is 0 Å². The summed E-state index contributed by atoms with van der Waals surface area (Å²) in [4.78, 5) is 28.9. The summed E-state index contributed by atoms with van der Waals surface area (Å²) in [5.41, 5.74) is 0.985.